The molecule has 0 saturated heterocycles. The topological polar surface area (TPSA) is 170 Å². The molecule has 2 aromatic carbocycles. The maximum atomic E-state index is 14.4. The molecule has 0 spiro atoms. The zero-order valence-corrected chi connectivity index (χ0v) is 30.4. The van der Waals surface area contributed by atoms with Gasteiger partial charge in [-0.1, -0.05) is 6.92 Å². The highest BCUT2D eigenvalue weighted by molar-refractivity contribution is 7.92. The van der Waals surface area contributed by atoms with Gasteiger partial charge in [0.15, 0.2) is 5.03 Å². The lowest BCUT2D eigenvalue weighted by atomic mass is 10.0. The van der Waals surface area contributed by atoms with E-state index >= 15 is 0 Å². The number of aryl methyl sites for hydroxylation is 1. The fraction of sp³-hybridized carbons (Fsp3) is 0.515. The molecular formula is C33H47N5O9S2. The first-order valence-corrected chi connectivity index (χ1v) is 19.0. The number of ether oxygens (including phenoxy) is 3. The van der Waals surface area contributed by atoms with Gasteiger partial charge in [0, 0.05) is 51.6 Å². The van der Waals surface area contributed by atoms with Crippen molar-refractivity contribution in [3.8, 4) is 11.5 Å². The third kappa shape index (κ3) is 9.51. The number of fused-ring (bicyclic) bond motifs is 1. The molecule has 4 atom stereocenters. The van der Waals surface area contributed by atoms with Crippen molar-refractivity contribution in [1.82, 2.24) is 18.8 Å². The molecule has 0 aliphatic carbocycles. The van der Waals surface area contributed by atoms with Crippen LogP contribution in [0.2, 0.25) is 0 Å². The number of methoxy groups -OCH3 is 1. The summed E-state index contributed by atoms with van der Waals surface area (Å²) >= 11 is 0. The van der Waals surface area contributed by atoms with E-state index in [1.54, 1.807) is 32.2 Å². The predicted octanol–water partition coefficient (Wildman–Crippen LogP) is 3.35. The Morgan fingerprint density at radius 3 is 2.47 bits per heavy atom. The summed E-state index contributed by atoms with van der Waals surface area (Å²) in [6, 6.07) is 9.98. The molecule has 3 aromatic rings. The number of carbonyl (C=O) groups is 1. The lowest BCUT2D eigenvalue weighted by Crippen LogP contribution is -2.48. The molecule has 2 N–H and O–H groups in total. The van der Waals surface area contributed by atoms with Crippen LogP contribution in [-0.2, 0) is 31.8 Å². The number of likely N-dealkylation sites (N-methyl/N-ethyl adjacent to an activating group) is 1. The van der Waals surface area contributed by atoms with Gasteiger partial charge in [-0.3, -0.25) is 9.52 Å². The largest absolute Gasteiger partial charge is 0.497 e. The average molecular weight is 722 g/mol. The van der Waals surface area contributed by atoms with Crippen molar-refractivity contribution < 1.29 is 40.9 Å². The van der Waals surface area contributed by atoms with Gasteiger partial charge < -0.3 is 28.8 Å². The number of imidazole rings is 1. The molecule has 270 valence electrons. The van der Waals surface area contributed by atoms with Crippen LogP contribution < -0.4 is 14.2 Å². The molecule has 14 nitrogen and oxygen atoms in total. The number of benzene rings is 2. The second-order valence-corrected chi connectivity index (χ2v) is 16.1. The number of anilines is 1. The zero-order valence-electron chi connectivity index (χ0n) is 28.8. The Bertz CT molecular complexity index is 1780. The van der Waals surface area contributed by atoms with Gasteiger partial charge >= 0.3 is 0 Å². The zero-order chi connectivity index (χ0) is 35.9. The number of sulfonamides is 2. The highest BCUT2D eigenvalue weighted by atomic mass is 32.2. The Balaban J connectivity index is 1.66. The second-order valence-electron chi connectivity index (χ2n) is 12.5. The number of aliphatic hydroxyl groups is 1. The molecule has 16 heteroatoms. The van der Waals surface area contributed by atoms with E-state index in [-0.39, 0.29) is 58.6 Å². The van der Waals surface area contributed by atoms with E-state index in [2.05, 4.69) is 9.71 Å². The monoisotopic (exact) mass is 721 g/mol. The summed E-state index contributed by atoms with van der Waals surface area (Å²) in [7, 11) is -3.29. The van der Waals surface area contributed by atoms with Crippen molar-refractivity contribution in [3.63, 3.8) is 0 Å². The second kappa shape index (κ2) is 16.3. The quantitative estimate of drug-likeness (QED) is 0.317. The van der Waals surface area contributed by atoms with Crippen LogP contribution in [0, 0.1) is 5.92 Å². The van der Waals surface area contributed by atoms with Crippen molar-refractivity contribution in [1.29, 1.82) is 0 Å². The number of nitrogens with zero attached hydrogens (tertiary/aromatic N) is 4. The van der Waals surface area contributed by atoms with Crippen LogP contribution in [0.5, 0.6) is 11.5 Å². The summed E-state index contributed by atoms with van der Waals surface area (Å²) in [5.41, 5.74) is 0.237. The SMILES string of the molecule is COc1ccc(S(=O)(=O)N(C)C[C@@H]2OCCCC[C@@H](C)Oc3ccc(NS(=O)(=O)c4cn(C)cn4)cc3C(=O)N([C@H](C)CO)C[C@@H]2C)cc1. The van der Waals surface area contributed by atoms with Gasteiger partial charge in [-0.2, -0.15) is 12.7 Å². The molecule has 0 radical (unpaired) electrons. The van der Waals surface area contributed by atoms with Gasteiger partial charge in [-0.15, -0.1) is 0 Å². The third-order valence-electron chi connectivity index (χ3n) is 8.46. The Labute approximate surface area is 289 Å². The van der Waals surface area contributed by atoms with Crippen LogP contribution in [-0.4, -0.2) is 105 Å². The molecule has 0 bridgehead atoms. The van der Waals surface area contributed by atoms with Crippen LogP contribution in [0.3, 0.4) is 0 Å². The standard InChI is InChI=1S/C33H47N5O9S2/c1-23-18-38(24(2)21-39)33(40)29-17-26(35-48(41,42)32-20-36(4)22-34-32)10-15-30(29)47-25(3)9-7-8-16-46-31(23)19-37(5)49(43,44)28-13-11-27(45-6)12-14-28/h10-15,17,20,22-25,31,35,39H,7-9,16,18-19,21H2,1-6H3/t23-,24+,25+,31-/m0/s1. The number of aliphatic hydroxyl groups excluding tert-OH is 1. The van der Waals surface area contributed by atoms with Crippen molar-refractivity contribution in [3.05, 3.63) is 60.6 Å². The molecule has 1 aliphatic rings. The lowest BCUT2D eigenvalue weighted by molar-refractivity contribution is -0.00833. The Kier molecular flexibility index (Phi) is 12.7. The molecule has 1 aromatic heterocycles. The molecule has 1 aliphatic heterocycles. The molecule has 4 rings (SSSR count). The number of hydrogen-bond acceptors (Lipinski definition) is 10. The Morgan fingerprint density at radius 2 is 1.84 bits per heavy atom. The first-order chi connectivity index (χ1) is 23.2. The fourth-order valence-corrected chi connectivity index (χ4v) is 7.68. The van der Waals surface area contributed by atoms with Crippen LogP contribution in [0.4, 0.5) is 5.69 Å². The van der Waals surface area contributed by atoms with E-state index < -0.39 is 38.1 Å². The average Bonchev–Trinajstić information content (AvgIpc) is 3.53. The van der Waals surface area contributed by atoms with Crippen LogP contribution in [0.25, 0.3) is 0 Å². The van der Waals surface area contributed by atoms with E-state index in [1.165, 1.54) is 64.7 Å². The summed E-state index contributed by atoms with van der Waals surface area (Å²) in [5, 5.41) is 10.0. The van der Waals surface area contributed by atoms with Crippen LogP contribution >= 0.6 is 0 Å². The summed E-state index contributed by atoms with van der Waals surface area (Å²) < 4.78 is 76.1. The minimum atomic E-state index is -4.06. The first-order valence-electron chi connectivity index (χ1n) is 16.1. The van der Waals surface area contributed by atoms with Gasteiger partial charge in [0.25, 0.3) is 15.9 Å². The molecule has 0 unspecified atom stereocenters. The number of rotatable bonds is 10. The van der Waals surface area contributed by atoms with Gasteiger partial charge in [0.05, 0.1) is 48.8 Å². The van der Waals surface area contributed by atoms with E-state index in [1.807, 2.05) is 13.8 Å². The molecule has 0 fully saturated rings. The molecule has 0 saturated carbocycles. The van der Waals surface area contributed by atoms with Gasteiger partial charge in [-0.05, 0) is 75.6 Å². The van der Waals surface area contributed by atoms with Crippen LogP contribution in [0.15, 0.2) is 64.9 Å². The van der Waals surface area contributed by atoms with E-state index in [0.29, 0.717) is 25.2 Å². The van der Waals surface area contributed by atoms with Crippen molar-refractivity contribution in [2.75, 3.05) is 45.2 Å². The smallest absolute Gasteiger partial charge is 0.280 e. The lowest BCUT2D eigenvalue weighted by Gasteiger charge is -2.35. The number of carbonyl (C=O) groups excluding carboxylic acids is 1. The summed E-state index contributed by atoms with van der Waals surface area (Å²) in [6.45, 7) is 5.58. The fourth-order valence-electron chi connectivity index (χ4n) is 5.46. The maximum absolute atomic E-state index is 14.4. The molecule has 2 heterocycles. The normalized spacial score (nSPS) is 20.6. The number of nitrogens with one attached hydrogen (secondary N) is 1. The highest BCUT2D eigenvalue weighted by Crippen LogP contribution is 2.30. The van der Waals surface area contributed by atoms with Crippen LogP contribution in [0.1, 0.15) is 50.4 Å². The first kappa shape index (κ1) is 38.1. The maximum Gasteiger partial charge on any atom is 0.280 e. The minimum absolute atomic E-state index is 0.0145. The summed E-state index contributed by atoms with van der Waals surface area (Å²) in [4.78, 5) is 19.9. The molecule has 49 heavy (non-hydrogen) atoms. The molecule has 1 amide bonds. The van der Waals surface area contributed by atoms with E-state index in [9.17, 15) is 26.7 Å². The Morgan fingerprint density at radius 1 is 1.12 bits per heavy atom. The van der Waals surface area contributed by atoms with Crippen molar-refractivity contribution in [2.45, 2.75) is 68.2 Å². The van der Waals surface area contributed by atoms with E-state index in [4.69, 9.17) is 14.2 Å². The number of amides is 1. The molecular weight excluding hydrogens is 675 g/mol. The van der Waals surface area contributed by atoms with Gasteiger partial charge in [0.2, 0.25) is 10.0 Å². The van der Waals surface area contributed by atoms with E-state index in [0.717, 1.165) is 6.42 Å². The third-order valence-corrected chi connectivity index (χ3v) is 11.6. The summed E-state index contributed by atoms with van der Waals surface area (Å²) in [5.74, 6) is -0.0735. The van der Waals surface area contributed by atoms with Crippen molar-refractivity contribution >= 4 is 31.6 Å². The minimum Gasteiger partial charge on any atom is -0.497 e. The highest BCUT2D eigenvalue weighted by Gasteiger charge is 2.33. The number of hydrogen-bond donors (Lipinski definition) is 2. The van der Waals surface area contributed by atoms with Gasteiger partial charge in [-0.25, -0.2) is 13.4 Å². The predicted molar refractivity (Wildman–Crippen MR) is 184 cm³/mol. The summed E-state index contributed by atoms with van der Waals surface area (Å²) in [6.07, 6.45) is 3.94. The Hall–Kier alpha value is -3.70. The van der Waals surface area contributed by atoms with Crippen molar-refractivity contribution in [2.24, 2.45) is 13.0 Å². The van der Waals surface area contributed by atoms with Gasteiger partial charge in [0.1, 0.15) is 11.5 Å². The number of aromatic nitrogens is 2.